The van der Waals surface area contributed by atoms with Gasteiger partial charge in [0, 0.05) is 43.1 Å². The Morgan fingerprint density at radius 2 is 1.71 bits per heavy atom. The van der Waals surface area contributed by atoms with Gasteiger partial charge >= 0.3 is 0 Å². The van der Waals surface area contributed by atoms with Crippen molar-refractivity contribution in [2.75, 3.05) is 43.0 Å². The summed E-state index contributed by atoms with van der Waals surface area (Å²) in [6.07, 6.45) is 0. The van der Waals surface area contributed by atoms with Crippen LogP contribution < -0.4 is 20.3 Å². The zero-order valence-corrected chi connectivity index (χ0v) is 20.5. The van der Waals surface area contributed by atoms with E-state index >= 15 is 0 Å². The van der Waals surface area contributed by atoms with Crippen molar-refractivity contribution in [1.82, 2.24) is 10.2 Å². The predicted octanol–water partition coefficient (Wildman–Crippen LogP) is 4.24. The number of benzene rings is 2. The number of piperazine rings is 1. The lowest BCUT2D eigenvalue weighted by atomic mass is 10.2. The first-order valence-corrected chi connectivity index (χ1v) is 12.4. The number of hydrogen-bond donors (Lipinski definition) is 2. The van der Waals surface area contributed by atoms with Crippen LogP contribution in [0.5, 0.6) is 5.75 Å². The molecule has 176 valence electrons. The van der Waals surface area contributed by atoms with E-state index in [9.17, 15) is 9.59 Å². The number of nitrogens with zero attached hydrogens (tertiary/aromatic N) is 2. The van der Waals surface area contributed by atoms with E-state index in [-0.39, 0.29) is 16.9 Å². The third kappa shape index (κ3) is 5.92. The number of nitrogens with one attached hydrogen (secondary N) is 2. The van der Waals surface area contributed by atoms with E-state index in [0.717, 1.165) is 35.1 Å². The second kappa shape index (κ2) is 11.1. The maximum atomic E-state index is 12.5. The van der Waals surface area contributed by atoms with Gasteiger partial charge in [0.2, 0.25) is 0 Å². The van der Waals surface area contributed by atoms with Crippen LogP contribution >= 0.6 is 23.6 Å². The zero-order chi connectivity index (χ0) is 23.9. The Hall–Kier alpha value is -3.43. The zero-order valence-electron chi connectivity index (χ0n) is 18.8. The van der Waals surface area contributed by atoms with Crippen LogP contribution in [0, 0.1) is 0 Å². The number of thiocarbonyl (C=S) groups is 1. The van der Waals surface area contributed by atoms with Gasteiger partial charge in [-0.2, -0.15) is 0 Å². The van der Waals surface area contributed by atoms with Gasteiger partial charge in [0.1, 0.15) is 5.75 Å². The van der Waals surface area contributed by atoms with Crippen LogP contribution in [-0.2, 0) is 0 Å². The Balaban J connectivity index is 1.26. The minimum absolute atomic E-state index is 0.106. The molecular formula is C25H26N4O3S2. The minimum atomic E-state index is -0.285. The standard InChI is InChI=1S/C25H26N4O3S2/c1-2-32-21-11-5-18(6-12-21)23(30)27-25(33)26-19-7-9-20(10-8-19)28-13-15-29(16-14-28)24(31)22-4-3-17-34-22/h3-12,17H,2,13-16H2,1H3,(H2,26,27,30,33). The van der Waals surface area contributed by atoms with Gasteiger partial charge in [-0.1, -0.05) is 6.07 Å². The number of hydrogen-bond acceptors (Lipinski definition) is 6. The summed E-state index contributed by atoms with van der Waals surface area (Å²) in [7, 11) is 0. The fourth-order valence-electron chi connectivity index (χ4n) is 3.69. The number of carbonyl (C=O) groups is 2. The van der Waals surface area contributed by atoms with Crippen molar-refractivity contribution in [2.45, 2.75) is 6.92 Å². The molecule has 0 saturated carbocycles. The minimum Gasteiger partial charge on any atom is -0.494 e. The molecule has 2 aromatic carbocycles. The quantitative estimate of drug-likeness (QED) is 0.500. The van der Waals surface area contributed by atoms with Crippen LogP contribution in [0.1, 0.15) is 27.0 Å². The third-order valence-electron chi connectivity index (χ3n) is 5.44. The normalized spacial score (nSPS) is 13.3. The molecule has 0 unspecified atom stereocenters. The SMILES string of the molecule is CCOc1ccc(C(=O)NC(=S)Nc2ccc(N3CCN(C(=O)c4cccs4)CC3)cc2)cc1. The summed E-state index contributed by atoms with van der Waals surface area (Å²) in [6.45, 7) is 5.43. The van der Waals surface area contributed by atoms with E-state index in [1.807, 2.05) is 53.6 Å². The van der Waals surface area contributed by atoms with Crippen molar-refractivity contribution in [3.8, 4) is 5.75 Å². The largest absolute Gasteiger partial charge is 0.494 e. The maximum Gasteiger partial charge on any atom is 0.264 e. The van der Waals surface area contributed by atoms with Gasteiger partial charge in [-0.25, -0.2) is 0 Å². The summed E-state index contributed by atoms with van der Waals surface area (Å²) >= 11 is 6.77. The average Bonchev–Trinajstić information content (AvgIpc) is 3.40. The number of carbonyl (C=O) groups excluding carboxylic acids is 2. The Kier molecular flexibility index (Phi) is 7.76. The Labute approximate surface area is 208 Å². The van der Waals surface area contributed by atoms with E-state index in [2.05, 4.69) is 15.5 Å². The molecule has 1 aliphatic rings. The highest BCUT2D eigenvalue weighted by molar-refractivity contribution is 7.80. The third-order valence-corrected chi connectivity index (χ3v) is 6.51. The summed E-state index contributed by atoms with van der Waals surface area (Å²) in [5.74, 6) is 0.539. The average molecular weight is 495 g/mol. The highest BCUT2D eigenvalue weighted by atomic mass is 32.1. The van der Waals surface area contributed by atoms with Gasteiger partial charge in [0.25, 0.3) is 11.8 Å². The van der Waals surface area contributed by atoms with E-state index < -0.39 is 0 Å². The molecule has 7 nitrogen and oxygen atoms in total. The van der Waals surface area contributed by atoms with Crippen molar-refractivity contribution in [2.24, 2.45) is 0 Å². The van der Waals surface area contributed by atoms with Crippen molar-refractivity contribution in [1.29, 1.82) is 0 Å². The topological polar surface area (TPSA) is 73.9 Å². The fourth-order valence-corrected chi connectivity index (χ4v) is 4.59. The van der Waals surface area contributed by atoms with E-state index in [0.29, 0.717) is 25.3 Å². The van der Waals surface area contributed by atoms with Gasteiger partial charge in [0.15, 0.2) is 5.11 Å². The van der Waals surface area contributed by atoms with Crippen LogP contribution in [0.2, 0.25) is 0 Å². The Morgan fingerprint density at radius 1 is 1.00 bits per heavy atom. The molecule has 0 radical (unpaired) electrons. The van der Waals surface area contributed by atoms with Crippen molar-refractivity contribution in [3.63, 3.8) is 0 Å². The van der Waals surface area contributed by atoms with Crippen molar-refractivity contribution < 1.29 is 14.3 Å². The Bertz CT molecular complexity index is 1120. The summed E-state index contributed by atoms with van der Waals surface area (Å²) < 4.78 is 5.39. The lowest BCUT2D eigenvalue weighted by molar-refractivity contribution is 0.0751. The smallest absolute Gasteiger partial charge is 0.264 e. The van der Waals surface area contributed by atoms with Gasteiger partial charge < -0.3 is 19.9 Å². The summed E-state index contributed by atoms with van der Waals surface area (Å²) in [5.41, 5.74) is 2.37. The summed E-state index contributed by atoms with van der Waals surface area (Å²) in [6, 6.07) is 18.6. The molecular weight excluding hydrogens is 468 g/mol. The molecule has 9 heteroatoms. The molecule has 1 saturated heterocycles. The highest BCUT2D eigenvalue weighted by Crippen LogP contribution is 2.21. The molecule has 0 aliphatic carbocycles. The lowest BCUT2D eigenvalue weighted by Crippen LogP contribution is -2.48. The van der Waals surface area contributed by atoms with E-state index in [1.54, 1.807) is 24.3 Å². The Morgan fingerprint density at radius 3 is 2.32 bits per heavy atom. The molecule has 1 aliphatic heterocycles. The van der Waals surface area contributed by atoms with Crippen LogP contribution in [0.25, 0.3) is 0 Å². The molecule has 2 heterocycles. The molecule has 1 aromatic heterocycles. The molecule has 3 aromatic rings. The van der Waals surface area contributed by atoms with Gasteiger partial charge in [0.05, 0.1) is 11.5 Å². The van der Waals surface area contributed by atoms with Crippen LogP contribution in [0.15, 0.2) is 66.0 Å². The number of rotatable bonds is 6. The van der Waals surface area contributed by atoms with Gasteiger partial charge in [-0.05, 0) is 79.1 Å². The predicted molar refractivity (Wildman–Crippen MR) is 140 cm³/mol. The number of ether oxygens (including phenoxy) is 1. The molecule has 34 heavy (non-hydrogen) atoms. The second-order valence-corrected chi connectivity index (χ2v) is 9.03. The molecule has 4 rings (SSSR count). The van der Waals surface area contributed by atoms with Crippen LogP contribution in [0.3, 0.4) is 0 Å². The molecule has 0 spiro atoms. The van der Waals surface area contributed by atoms with E-state index in [1.165, 1.54) is 11.3 Å². The fraction of sp³-hybridized carbons (Fsp3) is 0.240. The maximum absolute atomic E-state index is 12.5. The number of anilines is 2. The van der Waals surface area contributed by atoms with Crippen molar-refractivity contribution in [3.05, 3.63) is 76.5 Å². The first-order chi connectivity index (χ1) is 16.5. The number of thiophene rings is 1. The van der Waals surface area contributed by atoms with Crippen LogP contribution in [0.4, 0.5) is 11.4 Å². The molecule has 1 fully saturated rings. The van der Waals surface area contributed by atoms with Crippen LogP contribution in [-0.4, -0.2) is 54.6 Å². The molecule has 0 atom stereocenters. The monoisotopic (exact) mass is 494 g/mol. The first kappa shape index (κ1) is 23.7. The lowest BCUT2D eigenvalue weighted by Gasteiger charge is -2.36. The van der Waals surface area contributed by atoms with Gasteiger partial charge in [-0.3, -0.25) is 14.9 Å². The van der Waals surface area contributed by atoms with Crippen molar-refractivity contribution >= 4 is 51.9 Å². The van der Waals surface area contributed by atoms with Gasteiger partial charge in [-0.15, -0.1) is 11.3 Å². The molecule has 0 bridgehead atoms. The first-order valence-electron chi connectivity index (χ1n) is 11.1. The molecule has 2 amide bonds. The second-order valence-electron chi connectivity index (χ2n) is 7.67. The summed E-state index contributed by atoms with van der Waals surface area (Å²) in [4.78, 5) is 29.9. The summed E-state index contributed by atoms with van der Waals surface area (Å²) in [5, 5.41) is 7.90. The number of amides is 2. The van der Waals surface area contributed by atoms with E-state index in [4.69, 9.17) is 17.0 Å². The highest BCUT2D eigenvalue weighted by Gasteiger charge is 2.22. The molecule has 2 N–H and O–H groups in total.